The van der Waals surface area contributed by atoms with Crippen molar-refractivity contribution in [1.82, 2.24) is 0 Å². The Balaban J connectivity index is 1.96. The van der Waals surface area contributed by atoms with Crippen LogP contribution in [0.1, 0.15) is 17.5 Å². The molecule has 2 aromatic rings. The molecule has 0 aliphatic rings. The van der Waals surface area contributed by atoms with Gasteiger partial charge in [-0.3, -0.25) is 9.59 Å². The number of carbonyl (C=O) groups excluding carboxylic acids is 2. The lowest BCUT2D eigenvalue weighted by atomic mass is 10.1. The molecule has 0 radical (unpaired) electrons. The van der Waals surface area contributed by atoms with Crippen molar-refractivity contribution < 1.29 is 24.5 Å². The Hall–Kier alpha value is -3.34. The van der Waals surface area contributed by atoms with Crippen LogP contribution in [0.25, 0.3) is 12.2 Å². The highest BCUT2D eigenvalue weighted by atomic mass is 16.5. The summed E-state index contributed by atoms with van der Waals surface area (Å²) in [5, 5.41) is 18.7. The van der Waals surface area contributed by atoms with Crippen molar-refractivity contribution >= 4 is 23.7 Å². The second kappa shape index (κ2) is 8.49. The Morgan fingerprint density at radius 3 is 2.16 bits per heavy atom. The Morgan fingerprint density at radius 1 is 0.920 bits per heavy atom. The van der Waals surface area contributed by atoms with Crippen molar-refractivity contribution in [1.29, 1.82) is 0 Å². The van der Waals surface area contributed by atoms with Gasteiger partial charge in [0.15, 0.2) is 11.6 Å². The fourth-order valence-electron chi connectivity index (χ4n) is 2.10. The second-order valence-electron chi connectivity index (χ2n) is 5.29. The van der Waals surface area contributed by atoms with Crippen molar-refractivity contribution in [3.8, 4) is 17.2 Å². The third-order valence-electron chi connectivity index (χ3n) is 3.37. The molecule has 5 nitrogen and oxygen atoms in total. The van der Waals surface area contributed by atoms with Crippen LogP contribution in [0.3, 0.4) is 0 Å². The summed E-state index contributed by atoms with van der Waals surface area (Å²) in [6.07, 6.45) is 5.43. The van der Waals surface area contributed by atoms with Gasteiger partial charge in [0.05, 0.1) is 13.5 Å². The minimum Gasteiger partial charge on any atom is -0.508 e. The van der Waals surface area contributed by atoms with Crippen LogP contribution < -0.4 is 4.74 Å². The molecule has 25 heavy (non-hydrogen) atoms. The molecular weight excluding hydrogens is 320 g/mol. The Morgan fingerprint density at radius 2 is 1.52 bits per heavy atom. The molecular formula is C20H18O5. The lowest BCUT2D eigenvalue weighted by molar-refractivity contribution is -0.121. The highest BCUT2D eigenvalue weighted by molar-refractivity contribution is 6.10. The van der Waals surface area contributed by atoms with Crippen molar-refractivity contribution in [2.75, 3.05) is 7.11 Å². The first kappa shape index (κ1) is 18.0. The minimum absolute atomic E-state index is 0.0563. The molecule has 0 aliphatic heterocycles. The van der Waals surface area contributed by atoms with E-state index >= 15 is 0 Å². The lowest BCUT2D eigenvalue weighted by Gasteiger charge is -2.04. The normalized spacial score (nSPS) is 11.1. The quantitative estimate of drug-likeness (QED) is 0.597. The van der Waals surface area contributed by atoms with Crippen LogP contribution in [-0.4, -0.2) is 28.9 Å². The smallest absolute Gasteiger partial charge is 0.163 e. The van der Waals surface area contributed by atoms with Gasteiger partial charge in [-0.15, -0.1) is 0 Å². The monoisotopic (exact) mass is 338 g/mol. The van der Waals surface area contributed by atoms with Gasteiger partial charge in [0, 0.05) is 5.56 Å². The predicted octanol–water partition coefficient (Wildman–Crippen LogP) is 3.36. The molecule has 2 rings (SSSR count). The van der Waals surface area contributed by atoms with E-state index in [0.29, 0.717) is 11.3 Å². The number of phenols is 2. The number of benzene rings is 2. The SMILES string of the molecule is COc1ccc(O)cc1C=CC(=O)CC(=O)C=Cc1ccc(O)cc1. The standard InChI is InChI=1S/C20H18O5/c1-25-20-11-10-17(22)12-15(20)5-9-19(24)13-18(23)8-4-14-2-6-16(21)7-3-14/h2-12,21-22H,13H2,1H3. The Kier molecular flexibility index (Phi) is 6.12. The fourth-order valence-corrected chi connectivity index (χ4v) is 2.10. The zero-order chi connectivity index (χ0) is 18.2. The number of rotatable bonds is 7. The highest BCUT2D eigenvalue weighted by Crippen LogP contribution is 2.24. The number of hydrogen-bond acceptors (Lipinski definition) is 5. The zero-order valence-corrected chi connectivity index (χ0v) is 13.7. The molecule has 0 atom stereocenters. The molecule has 0 saturated carbocycles. The molecule has 0 unspecified atom stereocenters. The van der Waals surface area contributed by atoms with Gasteiger partial charge in [-0.25, -0.2) is 0 Å². The van der Waals surface area contributed by atoms with E-state index in [4.69, 9.17) is 4.74 Å². The molecule has 0 heterocycles. The Bertz CT molecular complexity index is 816. The van der Waals surface area contributed by atoms with Gasteiger partial charge < -0.3 is 14.9 Å². The summed E-state index contributed by atoms with van der Waals surface area (Å²) in [6.45, 7) is 0. The van der Waals surface area contributed by atoms with Crippen LogP contribution in [-0.2, 0) is 9.59 Å². The van der Waals surface area contributed by atoms with Crippen LogP contribution in [0.15, 0.2) is 54.6 Å². The average molecular weight is 338 g/mol. The van der Waals surface area contributed by atoms with Crippen molar-refractivity contribution in [2.45, 2.75) is 6.42 Å². The predicted molar refractivity (Wildman–Crippen MR) is 95.5 cm³/mol. The molecule has 5 heteroatoms. The molecule has 0 fully saturated rings. The second-order valence-corrected chi connectivity index (χ2v) is 5.29. The molecule has 0 bridgehead atoms. The van der Waals surface area contributed by atoms with Crippen LogP contribution in [0.2, 0.25) is 0 Å². The summed E-state index contributed by atoms with van der Waals surface area (Å²) < 4.78 is 5.14. The molecule has 0 amide bonds. The number of aromatic hydroxyl groups is 2. The minimum atomic E-state index is -0.356. The molecule has 2 N–H and O–H groups in total. The maximum Gasteiger partial charge on any atom is 0.163 e. The van der Waals surface area contributed by atoms with E-state index in [2.05, 4.69) is 0 Å². The number of hydrogen-bond donors (Lipinski definition) is 2. The lowest BCUT2D eigenvalue weighted by Crippen LogP contribution is -2.02. The van der Waals surface area contributed by atoms with Crippen LogP contribution >= 0.6 is 0 Å². The van der Waals surface area contributed by atoms with E-state index in [1.165, 1.54) is 49.6 Å². The van der Waals surface area contributed by atoms with Gasteiger partial charge >= 0.3 is 0 Å². The summed E-state index contributed by atoms with van der Waals surface area (Å²) in [5.41, 5.74) is 1.29. The maximum absolute atomic E-state index is 11.9. The van der Waals surface area contributed by atoms with E-state index in [-0.39, 0.29) is 29.5 Å². The number of carbonyl (C=O) groups is 2. The van der Waals surface area contributed by atoms with Crippen molar-refractivity contribution in [3.05, 3.63) is 65.7 Å². The Labute approximate surface area is 145 Å². The first-order valence-electron chi connectivity index (χ1n) is 7.56. The topological polar surface area (TPSA) is 83.8 Å². The van der Waals surface area contributed by atoms with Gasteiger partial charge in [0.1, 0.15) is 17.2 Å². The number of methoxy groups -OCH3 is 1. The first-order chi connectivity index (χ1) is 12.0. The van der Waals surface area contributed by atoms with Gasteiger partial charge in [0.25, 0.3) is 0 Å². The fraction of sp³-hybridized carbons (Fsp3) is 0.100. The van der Waals surface area contributed by atoms with Gasteiger partial charge in [-0.05, 0) is 54.1 Å². The number of allylic oxidation sites excluding steroid dienone is 2. The van der Waals surface area contributed by atoms with E-state index in [9.17, 15) is 19.8 Å². The van der Waals surface area contributed by atoms with E-state index in [0.717, 1.165) is 5.56 Å². The largest absolute Gasteiger partial charge is 0.508 e. The molecule has 0 aromatic heterocycles. The summed E-state index contributed by atoms with van der Waals surface area (Å²) in [4.78, 5) is 23.7. The molecule has 2 aromatic carbocycles. The average Bonchev–Trinajstić information content (AvgIpc) is 2.59. The zero-order valence-electron chi connectivity index (χ0n) is 13.7. The third kappa shape index (κ3) is 5.66. The van der Waals surface area contributed by atoms with E-state index in [1.54, 1.807) is 24.3 Å². The van der Waals surface area contributed by atoms with Gasteiger partial charge in [-0.1, -0.05) is 18.2 Å². The van der Waals surface area contributed by atoms with E-state index < -0.39 is 0 Å². The summed E-state index contributed by atoms with van der Waals surface area (Å²) >= 11 is 0. The number of phenolic OH excluding ortho intramolecular Hbond substituents is 2. The summed E-state index contributed by atoms with van der Waals surface area (Å²) in [5.74, 6) is 0.0312. The van der Waals surface area contributed by atoms with Gasteiger partial charge in [0.2, 0.25) is 0 Å². The molecule has 0 aliphatic carbocycles. The molecule has 0 saturated heterocycles. The van der Waals surface area contributed by atoms with Crippen LogP contribution in [0.4, 0.5) is 0 Å². The molecule has 0 spiro atoms. The van der Waals surface area contributed by atoms with Crippen LogP contribution in [0, 0.1) is 0 Å². The highest BCUT2D eigenvalue weighted by Gasteiger charge is 2.05. The van der Waals surface area contributed by atoms with Crippen molar-refractivity contribution in [2.24, 2.45) is 0 Å². The number of ether oxygens (including phenoxy) is 1. The van der Waals surface area contributed by atoms with Gasteiger partial charge in [-0.2, -0.15) is 0 Å². The van der Waals surface area contributed by atoms with Crippen molar-refractivity contribution in [3.63, 3.8) is 0 Å². The molecule has 128 valence electrons. The maximum atomic E-state index is 11.9. The summed E-state index contributed by atoms with van der Waals surface area (Å²) in [6, 6.07) is 10.9. The first-order valence-corrected chi connectivity index (χ1v) is 7.56. The third-order valence-corrected chi connectivity index (χ3v) is 3.37. The summed E-state index contributed by atoms with van der Waals surface area (Å²) in [7, 11) is 1.49. The van der Waals surface area contributed by atoms with E-state index in [1.807, 2.05) is 0 Å². The number of ketones is 2. The van der Waals surface area contributed by atoms with Crippen LogP contribution in [0.5, 0.6) is 17.2 Å².